The van der Waals surface area contributed by atoms with Crippen LogP contribution >= 0.6 is 61.9 Å². The molecule has 1 saturated heterocycles. The first-order valence-electron chi connectivity index (χ1n) is 8.03. The number of amidine groups is 1. The predicted molar refractivity (Wildman–Crippen MR) is 125 cm³/mol. The maximum atomic E-state index is 12.4. The van der Waals surface area contributed by atoms with Gasteiger partial charge in [0, 0.05) is 10.0 Å². The van der Waals surface area contributed by atoms with Crippen molar-refractivity contribution in [3.63, 3.8) is 0 Å². The van der Waals surface area contributed by atoms with Crippen LogP contribution < -0.4 is 10.1 Å². The molecule has 0 saturated carbocycles. The summed E-state index contributed by atoms with van der Waals surface area (Å²) in [6, 6.07) is 11.2. The van der Waals surface area contributed by atoms with Crippen molar-refractivity contribution in [2.45, 2.75) is 20.0 Å². The number of rotatable bonds is 4. The number of hydrogen-bond acceptors (Lipinski definition) is 4. The van der Waals surface area contributed by atoms with E-state index in [1.807, 2.05) is 44.2 Å². The molecule has 1 aliphatic heterocycles. The molecule has 2 aromatic carbocycles. The predicted octanol–water partition coefficient (Wildman–Crippen LogP) is 6.39. The van der Waals surface area contributed by atoms with E-state index in [0.29, 0.717) is 20.8 Å². The number of ether oxygens (including phenoxy) is 1. The zero-order chi connectivity index (χ0) is 19.6. The number of thioether (sulfide) groups is 1. The quantitative estimate of drug-likeness (QED) is 0.339. The van der Waals surface area contributed by atoms with Crippen molar-refractivity contribution in [2.24, 2.45) is 4.99 Å². The van der Waals surface area contributed by atoms with E-state index >= 15 is 0 Å². The molecule has 0 bridgehead atoms. The Balaban J connectivity index is 1.94. The average molecular weight is 578 g/mol. The van der Waals surface area contributed by atoms with Crippen LogP contribution in [0.2, 0.25) is 5.02 Å². The molecular formula is C19H15BrClIN2O2S. The molecule has 1 heterocycles. The van der Waals surface area contributed by atoms with Gasteiger partial charge in [-0.1, -0.05) is 39.7 Å². The third kappa shape index (κ3) is 5.28. The van der Waals surface area contributed by atoms with E-state index in [4.69, 9.17) is 16.3 Å². The van der Waals surface area contributed by atoms with Crippen LogP contribution in [0.1, 0.15) is 19.4 Å². The van der Waals surface area contributed by atoms with Gasteiger partial charge in [0.1, 0.15) is 5.75 Å². The van der Waals surface area contributed by atoms with Gasteiger partial charge in [-0.25, -0.2) is 4.99 Å². The standard InChI is InChI=1S/C19H15BrClIN2O2S/c1-10(2)26-17-11(7-12(20)9-14(17)22)8-16-18(25)24-19(27-16)23-15-6-4-3-5-13(15)21/h3-10H,1-2H3,(H,23,24,25)/b16-8+. The largest absolute Gasteiger partial charge is 0.489 e. The number of carbonyl (C=O) groups is 1. The van der Waals surface area contributed by atoms with E-state index in [1.165, 1.54) is 11.8 Å². The molecule has 0 aliphatic carbocycles. The van der Waals surface area contributed by atoms with Crippen molar-refractivity contribution in [1.29, 1.82) is 0 Å². The number of benzene rings is 2. The second-order valence-electron chi connectivity index (χ2n) is 5.91. The lowest BCUT2D eigenvalue weighted by atomic mass is 10.2. The van der Waals surface area contributed by atoms with Crippen molar-refractivity contribution in [3.8, 4) is 5.75 Å². The van der Waals surface area contributed by atoms with Gasteiger partial charge in [-0.3, -0.25) is 4.79 Å². The number of hydrogen-bond donors (Lipinski definition) is 1. The van der Waals surface area contributed by atoms with Gasteiger partial charge in [-0.05, 0) is 78.5 Å². The fourth-order valence-corrected chi connectivity index (χ4v) is 5.00. The molecule has 0 aromatic heterocycles. The molecule has 1 fully saturated rings. The summed E-state index contributed by atoms with van der Waals surface area (Å²) in [7, 11) is 0. The highest BCUT2D eigenvalue weighted by Gasteiger charge is 2.25. The molecule has 140 valence electrons. The number of aliphatic imine (C=N–C) groups is 1. The van der Waals surface area contributed by atoms with Crippen LogP contribution in [0.3, 0.4) is 0 Å². The van der Waals surface area contributed by atoms with Gasteiger partial charge in [0.2, 0.25) is 0 Å². The van der Waals surface area contributed by atoms with E-state index in [9.17, 15) is 4.79 Å². The SMILES string of the molecule is CC(C)Oc1c(I)cc(Br)cc1/C=C1/SC(=Nc2ccccc2Cl)NC1=O. The minimum absolute atomic E-state index is 0.0271. The van der Waals surface area contributed by atoms with Gasteiger partial charge in [0.15, 0.2) is 5.17 Å². The molecule has 0 unspecified atom stereocenters. The second-order valence-corrected chi connectivity index (χ2v) is 9.42. The molecule has 0 atom stereocenters. The molecule has 1 amide bonds. The maximum Gasteiger partial charge on any atom is 0.264 e. The third-order valence-electron chi connectivity index (χ3n) is 3.40. The van der Waals surface area contributed by atoms with Crippen LogP contribution in [-0.2, 0) is 4.79 Å². The van der Waals surface area contributed by atoms with Crippen LogP contribution in [0, 0.1) is 3.57 Å². The van der Waals surface area contributed by atoms with E-state index in [-0.39, 0.29) is 12.0 Å². The summed E-state index contributed by atoms with van der Waals surface area (Å²) in [4.78, 5) is 17.4. The Morgan fingerprint density at radius 3 is 2.78 bits per heavy atom. The van der Waals surface area contributed by atoms with Crippen LogP contribution in [0.25, 0.3) is 6.08 Å². The summed E-state index contributed by atoms with van der Waals surface area (Å²) < 4.78 is 7.84. The lowest BCUT2D eigenvalue weighted by Crippen LogP contribution is -2.19. The highest BCUT2D eigenvalue weighted by atomic mass is 127. The molecule has 27 heavy (non-hydrogen) atoms. The van der Waals surface area contributed by atoms with Gasteiger partial charge in [-0.15, -0.1) is 0 Å². The molecule has 4 nitrogen and oxygen atoms in total. The highest BCUT2D eigenvalue weighted by Crippen LogP contribution is 2.36. The van der Waals surface area contributed by atoms with E-state index in [0.717, 1.165) is 19.4 Å². The van der Waals surface area contributed by atoms with E-state index < -0.39 is 0 Å². The molecule has 2 aromatic rings. The third-order valence-corrected chi connectivity index (χ3v) is 5.89. The Morgan fingerprint density at radius 2 is 2.07 bits per heavy atom. The molecule has 0 spiro atoms. The van der Waals surface area contributed by atoms with Crippen LogP contribution in [-0.4, -0.2) is 17.2 Å². The Hall–Kier alpha value is -1.03. The number of para-hydroxylation sites is 1. The van der Waals surface area contributed by atoms with Crippen molar-refractivity contribution in [2.75, 3.05) is 0 Å². The number of nitrogens with zero attached hydrogens (tertiary/aromatic N) is 1. The Kier molecular flexibility index (Phi) is 6.88. The lowest BCUT2D eigenvalue weighted by molar-refractivity contribution is -0.115. The zero-order valence-electron chi connectivity index (χ0n) is 14.4. The fourth-order valence-electron chi connectivity index (χ4n) is 2.32. The first-order chi connectivity index (χ1) is 12.8. The summed E-state index contributed by atoms with van der Waals surface area (Å²) in [5, 5.41) is 3.81. The Morgan fingerprint density at radius 1 is 1.33 bits per heavy atom. The molecule has 1 aliphatic rings. The minimum atomic E-state index is -0.198. The topological polar surface area (TPSA) is 50.7 Å². The minimum Gasteiger partial charge on any atom is -0.489 e. The summed E-state index contributed by atoms with van der Waals surface area (Å²) in [6.07, 6.45) is 1.85. The van der Waals surface area contributed by atoms with Gasteiger partial charge in [0.25, 0.3) is 5.91 Å². The van der Waals surface area contributed by atoms with Crippen LogP contribution in [0.5, 0.6) is 5.75 Å². The van der Waals surface area contributed by atoms with Crippen molar-refractivity contribution in [3.05, 3.63) is 59.9 Å². The summed E-state index contributed by atoms with van der Waals surface area (Å²) >= 11 is 13.2. The van der Waals surface area contributed by atoms with Crippen molar-refractivity contribution in [1.82, 2.24) is 5.32 Å². The Bertz CT molecular complexity index is 963. The second kappa shape index (κ2) is 8.98. The van der Waals surface area contributed by atoms with Gasteiger partial charge in [0.05, 0.1) is 25.3 Å². The van der Waals surface area contributed by atoms with Crippen LogP contribution in [0.15, 0.2) is 50.8 Å². The summed E-state index contributed by atoms with van der Waals surface area (Å²) in [6.45, 7) is 3.95. The lowest BCUT2D eigenvalue weighted by Gasteiger charge is -2.15. The maximum absolute atomic E-state index is 12.4. The van der Waals surface area contributed by atoms with Crippen molar-refractivity contribution >= 4 is 84.7 Å². The molecule has 8 heteroatoms. The first kappa shape index (κ1) is 20.7. The normalized spacial score (nSPS) is 17.0. The van der Waals surface area contributed by atoms with Crippen molar-refractivity contribution < 1.29 is 9.53 Å². The van der Waals surface area contributed by atoms with E-state index in [1.54, 1.807) is 12.1 Å². The molecule has 1 N–H and O–H groups in total. The van der Waals surface area contributed by atoms with Crippen LogP contribution in [0.4, 0.5) is 5.69 Å². The average Bonchev–Trinajstić information content (AvgIpc) is 2.92. The fraction of sp³-hybridized carbons (Fsp3) is 0.158. The number of halogens is 3. The van der Waals surface area contributed by atoms with Gasteiger partial charge in [-0.2, -0.15) is 0 Å². The molecular weight excluding hydrogens is 563 g/mol. The smallest absolute Gasteiger partial charge is 0.264 e. The number of nitrogens with one attached hydrogen (secondary N) is 1. The summed E-state index contributed by atoms with van der Waals surface area (Å²) in [5.74, 6) is 0.558. The monoisotopic (exact) mass is 576 g/mol. The highest BCUT2D eigenvalue weighted by molar-refractivity contribution is 14.1. The zero-order valence-corrected chi connectivity index (χ0v) is 19.7. The van der Waals surface area contributed by atoms with Gasteiger partial charge < -0.3 is 10.1 Å². The summed E-state index contributed by atoms with van der Waals surface area (Å²) in [5.41, 5.74) is 1.45. The molecule has 0 radical (unpaired) electrons. The Labute approximate surface area is 189 Å². The number of amides is 1. The van der Waals surface area contributed by atoms with E-state index in [2.05, 4.69) is 48.8 Å². The first-order valence-corrected chi connectivity index (χ1v) is 11.1. The molecule has 3 rings (SSSR count). The number of carbonyl (C=O) groups excluding carboxylic acids is 1. The van der Waals surface area contributed by atoms with Gasteiger partial charge >= 0.3 is 0 Å².